The minimum Gasteiger partial charge on any atom is -0.396 e. The third-order valence-electron chi connectivity index (χ3n) is 3.63. The molecule has 192 valence electrons. The molecule has 0 aliphatic rings. The quantitative estimate of drug-likeness (QED) is 0.0664. The first-order chi connectivity index (χ1) is 15.3. The van der Waals surface area contributed by atoms with Crippen LogP contribution in [0.4, 0.5) is 4.79 Å². The van der Waals surface area contributed by atoms with Crippen molar-refractivity contribution in [1.29, 1.82) is 0 Å². The van der Waals surface area contributed by atoms with Gasteiger partial charge in [-0.3, -0.25) is 9.05 Å². The van der Waals surface area contributed by atoms with E-state index < -0.39 is 22.5 Å². The molecule has 0 radical (unpaired) electrons. The first-order valence-corrected chi connectivity index (χ1v) is 12.5. The summed E-state index contributed by atoms with van der Waals surface area (Å²) in [5.74, 6) is -0.327. The first-order valence-electron chi connectivity index (χ1n) is 9.94. The standard InChI is InChI=1S/C16H36N2O12P2/c1-23-30-31(24-2)27-11-9-25-7-8-26-10-12-28-32(21,22)29-14-15(13-19)5-3-4-6-18-16(17)20/h15,19H,3-14H2,1-2H3,(H,21,22)(H3,17,18,20). The van der Waals surface area contributed by atoms with Gasteiger partial charge < -0.3 is 39.6 Å². The number of amides is 2. The summed E-state index contributed by atoms with van der Waals surface area (Å²) in [5.41, 5.74) is 4.96. The molecule has 0 aliphatic heterocycles. The minimum absolute atomic E-state index is 0.0702. The molecule has 5 N–H and O–H groups in total. The minimum atomic E-state index is -4.25. The molecule has 0 heterocycles. The van der Waals surface area contributed by atoms with Gasteiger partial charge in [-0.25, -0.2) is 14.2 Å². The van der Waals surface area contributed by atoms with Crippen molar-refractivity contribution in [2.75, 3.05) is 73.6 Å². The molecule has 0 aromatic carbocycles. The third-order valence-corrected chi connectivity index (χ3v) is 5.58. The largest absolute Gasteiger partial charge is 0.472 e. The molecule has 3 unspecified atom stereocenters. The van der Waals surface area contributed by atoms with Gasteiger partial charge in [-0.15, -0.1) is 0 Å². The maximum Gasteiger partial charge on any atom is 0.472 e. The SMILES string of the molecule is COOP(OC)OCCOCCOCCOP(=O)(O)OCC(CO)CCCCNC(N)=O. The summed E-state index contributed by atoms with van der Waals surface area (Å²) in [4.78, 5) is 24.7. The van der Waals surface area contributed by atoms with Crippen LogP contribution in [0.25, 0.3) is 0 Å². The van der Waals surface area contributed by atoms with Crippen molar-refractivity contribution in [2.24, 2.45) is 11.7 Å². The van der Waals surface area contributed by atoms with Gasteiger partial charge in [0.15, 0.2) is 0 Å². The van der Waals surface area contributed by atoms with Crippen LogP contribution < -0.4 is 11.1 Å². The molecule has 0 saturated carbocycles. The van der Waals surface area contributed by atoms with Gasteiger partial charge in [0, 0.05) is 26.2 Å². The lowest BCUT2D eigenvalue weighted by atomic mass is 10.0. The fourth-order valence-corrected chi connectivity index (χ4v) is 3.44. The van der Waals surface area contributed by atoms with Crippen LogP contribution in [0.5, 0.6) is 0 Å². The second-order valence-corrected chi connectivity index (χ2v) is 8.81. The van der Waals surface area contributed by atoms with Gasteiger partial charge in [0.25, 0.3) is 0 Å². The van der Waals surface area contributed by atoms with Crippen LogP contribution in [0.1, 0.15) is 19.3 Å². The number of rotatable bonds is 23. The fraction of sp³-hybridized carbons (Fsp3) is 0.938. The predicted octanol–water partition coefficient (Wildman–Crippen LogP) is 1.07. The molecule has 0 aromatic heterocycles. The zero-order valence-corrected chi connectivity index (χ0v) is 20.3. The number of primary amides is 1. The lowest BCUT2D eigenvalue weighted by Crippen LogP contribution is -2.30. The van der Waals surface area contributed by atoms with Crippen molar-refractivity contribution in [3.8, 4) is 0 Å². The number of aliphatic hydroxyl groups excluding tert-OH is 1. The second-order valence-electron chi connectivity index (χ2n) is 6.14. The van der Waals surface area contributed by atoms with Gasteiger partial charge in [-0.1, -0.05) is 6.42 Å². The Morgan fingerprint density at radius 1 is 1.06 bits per heavy atom. The Labute approximate surface area is 189 Å². The smallest absolute Gasteiger partial charge is 0.396 e. The summed E-state index contributed by atoms with van der Waals surface area (Å²) in [6, 6.07) is -0.595. The van der Waals surface area contributed by atoms with Crippen molar-refractivity contribution in [1.82, 2.24) is 5.32 Å². The van der Waals surface area contributed by atoms with Crippen LogP contribution in [-0.2, 0) is 41.7 Å². The average Bonchev–Trinajstić information content (AvgIpc) is 2.75. The van der Waals surface area contributed by atoms with Gasteiger partial charge in [0.2, 0.25) is 0 Å². The number of hydrogen-bond donors (Lipinski definition) is 4. The van der Waals surface area contributed by atoms with Gasteiger partial charge in [-0.2, -0.15) is 4.67 Å². The van der Waals surface area contributed by atoms with E-state index in [0.717, 1.165) is 0 Å². The molecule has 0 aliphatic carbocycles. The number of nitrogens with one attached hydrogen (secondary N) is 1. The molecule has 0 saturated heterocycles. The summed E-state index contributed by atoms with van der Waals surface area (Å²) in [6.45, 7) is 1.10. The molecule has 3 atom stereocenters. The van der Waals surface area contributed by atoms with Crippen LogP contribution in [0.15, 0.2) is 0 Å². The van der Waals surface area contributed by atoms with E-state index in [1.165, 1.54) is 14.2 Å². The van der Waals surface area contributed by atoms with E-state index in [-0.39, 0.29) is 45.6 Å². The van der Waals surface area contributed by atoms with E-state index in [9.17, 15) is 19.4 Å². The third kappa shape index (κ3) is 20.2. The Morgan fingerprint density at radius 3 is 2.31 bits per heavy atom. The molecule has 0 aromatic rings. The fourth-order valence-electron chi connectivity index (χ4n) is 2.10. The summed E-state index contributed by atoms with van der Waals surface area (Å²) >= 11 is 0. The molecular formula is C16H36N2O12P2. The Balaban J connectivity index is 3.68. The van der Waals surface area contributed by atoms with Crippen molar-refractivity contribution in [3.63, 3.8) is 0 Å². The van der Waals surface area contributed by atoms with Gasteiger partial charge in [-0.05, 0) is 12.8 Å². The van der Waals surface area contributed by atoms with Crippen molar-refractivity contribution < 1.29 is 56.5 Å². The maximum absolute atomic E-state index is 11.9. The number of carbonyl (C=O) groups is 1. The first kappa shape index (κ1) is 31.5. The van der Waals surface area contributed by atoms with E-state index in [1.54, 1.807) is 0 Å². The molecule has 0 rings (SSSR count). The zero-order valence-electron chi connectivity index (χ0n) is 18.5. The normalized spacial score (nSPS) is 15.2. The molecule has 16 heteroatoms. The molecule has 0 fully saturated rings. The second kappa shape index (κ2) is 21.1. The van der Waals surface area contributed by atoms with Crippen molar-refractivity contribution >= 4 is 22.5 Å². The summed E-state index contributed by atoms with van der Waals surface area (Å²) in [6.07, 6.45) is 1.90. The Kier molecular flexibility index (Phi) is 20.8. The van der Waals surface area contributed by atoms with Crippen LogP contribution in [-0.4, -0.2) is 89.7 Å². The summed E-state index contributed by atoms with van der Waals surface area (Å²) < 4.78 is 46.9. The topological polar surface area (TPSA) is 186 Å². The number of nitrogens with two attached hydrogens (primary N) is 1. The van der Waals surface area contributed by atoms with E-state index in [4.69, 9.17) is 38.0 Å². The zero-order chi connectivity index (χ0) is 24.1. The van der Waals surface area contributed by atoms with Gasteiger partial charge in [0.1, 0.15) is 0 Å². The molecule has 14 nitrogen and oxygen atoms in total. The van der Waals surface area contributed by atoms with E-state index in [2.05, 4.69) is 10.2 Å². The number of unbranched alkanes of at least 4 members (excludes halogenated alkanes) is 1. The molecule has 2 amide bonds. The number of ether oxygens (including phenoxy) is 2. The average molecular weight is 510 g/mol. The number of phosphoric acid groups is 1. The molecular weight excluding hydrogens is 474 g/mol. The monoisotopic (exact) mass is 510 g/mol. The Hall–Kier alpha value is -0.470. The lowest BCUT2D eigenvalue weighted by Gasteiger charge is -2.17. The molecule has 32 heavy (non-hydrogen) atoms. The van der Waals surface area contributed by atoms with Crippen LogP contribution in [0.2, 0.25) is 0 Å². The van der Waals surface area contributed by atoms with Crippen LogP contribution >= 0.6 is 16.4 Å². The number of hydrogen-bond acceptors (Lipinski definition) is 11. The summed E-state index contributed by atoms with van der Waals surface area (Å²) in [7, 11) is -3.04. The number of phosphoric ester groups is 1. The number of urea groups is 1. The van der Waals surface area contributed by atoms with E-state index >= 15 is 0 Å². The summed E-state index contributed by atoms with van der Waals surface area (Å²) in [5, 5.41) is 11.8. The predicted molar refractivity (Wildman–Crippen MR) is 113 cm³/mol. The van der Waals surface area contributed by atoms with Crippen LogP contribution in [0, 0.1) is 5.92 Å². The number of carbonyl (C=O) groups excluding carboxylic acids is 1. The molecule has 0 bridgehead atoms. The highest BCUT2D eigenvalue weighted by Crippen LogP contribution is 2.43. The van der Waals surface area contributed by atoms with Crippen LogP contribution in [0.3, 0.4) is 0 Å². The molecule has 0 spiro atoms. The van der Waals surface area contributed by atoms with Crippen molar-refractivity contribution in [2.45, 2.75) is 19.3 Å². The highest BCUT2D eigenvalue weighted by atomic mass is 31.2. The van der Waals surface area contributed by atoms with Crippen molar-refractivity contribution in [3.05, 3.63) is 0 Å². The van der Waals surface area contributed by atoms with Gasteiger partial charge in [0.05, 0.1) is 53.4 Å². The Morgan fingerprint density at radius 2 is 1.72 bits per heavy atom. The maximum atomic E-state index is 11.9. The highest BCUT2D eigenvalue weighted by molar-refractivity contribution is 7.47. The van der Waals surface area contributed by atoms with E-state index in [0.29, 0.717) is 39.0 Å². The lowest BCUT2D eigenvalue weighted by molar-refractivity contribution is -0.189. The Bertz CT molecular complexity index is 506. The van der Waals surface area contributed by atoms with Gasteiger partial charge >= 0.3 is 22.5 Å². The highest BCUT2D eigenvalue weighted by Gasteiger charge is 2.23. The number of aliphatic hydroxyl groups is 1. The van der Waals surface area contributed by atoms with E-state index in [1.807, 2.05) is 0 Å².